The van der Waals surface area contributed by atoms with Crippen LogP contribution in [-0.2, 0) is 4.79 Å². The van der Waals surface area contributed by atoms with Crippen molar-refractivity contribution < 1.29 is 19.0 Å². The van der Waals surface area contributed by atoms with Gasteiger partial charge in [0.05, 0.1) is 26.0 Å². The summed E-state index contributed by atoms with van der Waals surface area (Å²) in [5.74, 6) is 2.32. The molecular formula is C28H33N3O4. The first kappa shape index (κ1) is 24.5. The van der Waals surface area contributed by atoms with Gasteiger partial charge in [0.2, 0.25) is 5.91 Å². The van der Waals surface area contributed by atoms with Gasteiger partial charge in [0.1, 0.15) is 12.4 Å². The first-order chi connectivity index (χ1) is 17.2. The fourth-order valence-electron chi connectivity index (χ4n) is 4.37. The van der Waals surface area contributed by atoms with E-state index in [9.17, 15) is 4.79 Å². The maximum absolute atomic E-state index is 13.2. The van der Waals surface area contributed by atoms with E-state index in [-0.39, 0.29) is 17.9 Å². The van der Waals surface area contributed by atoms with Crippen molar-refractivity contribution in [2.45, 2.75) is 18.9 Å². The van der Waals surface area contributed by atoms with E-state index in [0.717, 1.165) is 61.0 Å². The normalized spacial score (nSPS) is 15.3. The number of carbonyl (C=O) groups is 1. The molecule has 1 fully saturated rings. The molecule has 1 unspecified atom stereocenters. The second-order valence-electron chi connectivity index (χ2n) is 8.58. The van der Waals surface area contributed by atoms with Gasteiger partial charge in [-0.3, -0.25) is 14.7 Å². The lowest BCUT2D eigenvalue weighted by molar-refractivity contribution is -0.127. The van der Waals surface area contributed by atoms with Crippen LogP contribution < -0.4 is 19.5 Å². The summed E-state index contributed by atoms with van der Waals surface area (Å²) in [7, 11) is 3.29. The Morgan fingerprint density at radius 2 is 1.69 bits per heavy atom. The van der Waals surface area contributed by atoms with Gasteiger partial charge >= 0.3 is 0 Å². The molecule has 184 valence electrons. The number of nitrogens with one attached hydrogen (secondary N) is 1. The molecule has 0 aliphatic carbocycles. The number of nitrogens with zero attached hydrogens (tertiary/aromatic N) is 2. The highest BCUT2D eigenvalue weighted by molar-refractivity contribution is 5.79. The number of carbonyl (C=O) groups excluding carboxylic acids is 1. The first-order valence-electron chi connectivity index (χ1n) is 12.0. The Morgan fingerprint density at radius 3 is 2.34 bits per heavy atom. The van der Waals surface area contributed by atoms with Gasteiger partial charge in [0, 0.05) is 18.7 Å². The van der Waals surface area contributed by atoms with Gasteiger partial charge in [-0.2, -0.15) is 0 Å². The van der Waals surface area contributed by atoms with Crippen molar-refractivity contribution in [1.82, 2.24) is 15.2 Å². The number of likely N-dealkylation sites (tertiary alicyclic amines) is 1. The zero-order valence-electron chi connectivity index (χ0n) is 20.4. The van der Waals surface area contributed by atoms with Crippen LogP contribution in [0, 0.1) is 5.92 Å². The minimum atomic E-state index is -0.304. The molecule has 7 nitrogen and oxygen atoms in total. The maximum Gasteiger partial charge on any atom is 0.224 e. The van der Waals surface area contributed by atoms with Gasteiger partial charge in [-0.25, -0.2) is 0 Å². The van der Waals surface area contributed by atoms with Crippen LogP contribution in [0.2, 0.25) is 0 Å². The second kappa shape index (κ2) is 12.2. The largest absolute Gasteiger partial charge is 0.497 e. The summed E-state index contributed by atoms with van der Waals surface area (Å²) in [4.78, 5) is 20.1. The number of ether oxygens (including phenoxy) is 3. The van der Waals surface area contributed by atoms with Gasteiger partial charge < -0.3 is 19.5 Å². The molecule has 2 aromatic carbocycles. The molecule has 2 heterocycles. The van der Waals surface area contributed by atoms with Gasteiger partial charge in [0.25, 0.3) is 0 Å². The summed E-state index contributed by atoms with van der Waals surface area (Å²) >= 11 is 0. The highest BCUT2D eigenvalue weighted by Crippen LogP contribution is 2.27. The van der Waals surface area contributed by atoms with Crippen LogP contribution >= 0.6 is 0 Å². The lowest BCUT2D eigenvalue weighted by Crippen LogP contribution is -2.42. The average Bonchev–Trinajstić information content (AvgIpc) is 2.93. The minimum absolute atomic E-state index is 0.0224. The molecule has 1 aliphatic heterocycles. The molecule has 3 aromatic rings. The third-order valence-electron chi connectivity index (χ3n) is 6.41. The Labute approximate surface area is 207 Å². The molecule has 0 bridgehead atoms. The molecule has 35 heavy (non-hydrogen) atoms. The van der Waals surface area contributed by atoms with Crippen LogP contribution in [-0.4, -0.2) is 56.3 Å². The van der Waals surface area contributed by atoms with Crippen molar-refractivity contribution in [2.75, 3.05) is 40.5 Å². The van der Waals surface area contributed by atoms with E-state index in [2.05, 4.69) is 15.2 Å². The molecule has 1 N–H and O–H groups in total. The third-order valence-corrected chi connectivity index (χ3v) is 6.41. The number of amides is 1. The van der Waals surface area contributed by atoms with Gasteiger partial charge in [-0.15, -0.1) is 0 Å². The van der Waals surface area contributed by atoms with Gasteiger partial charge in [-0.05, 0) is 67.9 Å². The summed E-state index contributed by atoms with van der Waals surface area (Å²) in [6.45, 7) is 3.12. The number of pyridine rings is 1. The molecule has 0 saturated carbocycles. The van der Waals surface area contributed by atoms with E-state index in [0.29, 0.717) is 6.61 Å². The average molecular weight is 476 g/mol. The van der Waals surface area contributed by atoms with E-state index in [1.165, 1.54) is 0 Å². The van der Waals surface area contributed by atoms with Crippen LogP contribution in [0.4, 0.5) is 0 Å². The highest BCUT2D eigenvalue weighted by atomic mass is 16.5. The summed E-state index contributed by atoms with van der Waals surface area (Å²) in [5.41, 5.74) is 1.79. The van der Waals surface area contributed by atoms with Gasteiger partial charge in [0.15, 0.2) is 11.5 Å². The standard InChI is InChI=1S/C28H33N3O4/c1-33-23-12-10-21(11-13-23)27(24-7-5-6-16-29-24)30-28(32)22-14-17-31(18-15-22)19-20-35-26-9-4-3-8-25(26)34-2/h3-13,16,22,27H,14-15,17-20H2,1-2H3,(H,30,32). The highest BCUT2D eigenvalue weighted by Gasteiger charge is 2.28. The van der Waals surface area contributed by atoms with Crippen LogP contribution in [0.1, 0.15) is 30.1 Å². The predicted molar refractivity (Wildman–Crippen MR) is 135 cm³/mol. The van der Waals surface area contributed by atoms with Crippen molar-refractivity contribution in [3.8, 4) is 17.2 Å². The quantitative estimate of drug-likeness (QED) is 0.476. The number of hydrogen-bond acceptors (Lipinski definition) is 6. The molecule has 7 heteroatoms. The number of piperidine rings is 1. The first-order valence-corrected chi connectivity index (χ1v) is 12.0. The smallest absolute Gasteiger partial charge is 0.224 e. The number of methoxy groups -OCH3 is 2. The molecule has 1 atom stereocenters. The van der Waals surface area contributed by atoms with E-state index in [1.54, 1.807) is 20.4 Å². The maximum atomic E-state index is 13.2. The minimum Gasteiger partial charge on any atom is -0.497 e. The Balaban J connectivity index is 1.31. The zero-order valence-corrected chi connectivity index (χ0v) is 20.4. The number of para-hydroxylation sites is 2. The SMILES string of the molecule is COc1ccc(C(NC(=O)C2CCN(CCOc3ccccc3OC)CC2)c2ccccn2)cc1. The molecule has 0 radical (unpaired) electrons. The predicted octanol–water partition coefficient (Wildman–Crippen LogP) is 4.10. The van der Waals surface area contributed by atoms with E-state index < -0.39 is 0 Å². The molecular weight excluding hydrogens is 442 g/mol. The van der Waals surface area contributed by atoms with E-state index in [1.807, 2.05) is 66.7 Å². The van der Waals surface area contributed by atoms with Crippen molar-refractivity contribution in [1.29, 1.82) is 0 Å². The van der Waals surface area contributed by atoms with Gasteiger partial charge in [-0.1, -0.05) is 30.3 Å². The monoisotopic (exact) mass is 475 g/mol. The van der Waals surface area contributed by atoms with Crippen LogP contribution in [0.5, 0.6) is 17.2 Å². The van der Waals surface area contributed by atoms with Crippen LogP contribution in [0.15, 0.2) is 72.9 Å². The fraction of sp³-hybridized carbons (Fsp3) is 0.357. The third kappa shape index (κ3) is 6.51. The number of benzene rings is 2. The van der Waals surface area contributed by atoms with E-state index in [4.69, 9.17) is 14.2 Å². The van der Waals surface area contributed by atoms with Crippen molar-refractivity contribution in [3.05, 3.63) is 84.2 Å². The number of hydrogen-bond donors (Lipinski definition) is 1. The summed E-state index contributed by atoms with van der Waals surface area (Å²) < 4.78 is 16.5. The van der Waals surface area contributed by atoms with Crippen molar-refractivity contribution >= 4 is 5.91 Å². The molecule has 1 saturated heterocycles. The summed E-state index contributed by atoms with van der Waals surface area (Å²) in [5, 5.41) is 3.25. The van der Waals surface area contributed by atoms with E-state index >= 15 is 0 Å². The lowest BCUT2D eigenvalue weighted by atomic mass is 9.94. The molecule has 1 amide bonds. The van der Waals surface area contributed by atoms with Crippen molar-refractivity contribution in [2.24, 2.45) is 5.92 Å². The Morgan fingerprint density at radius 1 is 0.971 bits per heavy atom. The number of rotatable bonds is 10. The van der Waals surface area contributed by atoms with Crippen LogP contribution in [0.3, 0.4) is 0 Å². The Hall–Kier alpha value is -3.58. The van der Waals surface area contributed by atoms with Crippen molar-refractivity contribution in [3.63, 3.8) is 0 Å². The van der Waals surface area contributed by atoms with Crippen LogP contribution in [0.25, 0.3) is 0 Å². The lowest BCUT2D eigenvalue weighted by Gasteiger charge is -2.32. The fourth-order valence-corrected chi connectivity index (χ4v) is 4.37. The Bertz CT molecular complexity index is 1070. The molecule has 0 spiro atoms. The number of aromatic nitrogens is 1. The Kier molecular flexibility index (Phi) is 8.57. The second-order valence-corrected chi connectivity index (χ2v) is 8.58. The zero-order chi connectivity index (χ0) is 24.5. The summed E-state index contributed by atoms with van der Waals surface area (Å²) in [6.07, 6.45) is 3.39. The molecule has 1 aliphatic rings. The topological polar surface area (TPSA) is 72.9 Å². The molecule has 1 aromatic heterocycles. The molecule has 4 rings (SSSR count). The summed E-state index contributed by atoms with van der Waals surface area (Å²) in [6, 6.07) is 20.9.